The predicted molar refractivity (Wildman–Crippen MR) is 70.1 cm³/mol. The molecule has 0 saturated carbocycles. The van der Waals surface area contributed by atoms with Crippen molar-refractivity contribution >= 4 is 5.91 Å². The lowest BCUT2D eigenvalue weighted by atomic mass is 9.97. The second kappa shape index (κ2) is 5.98. The lowest BCUT2D eigenvalue weighted by Gasteiger charge is -2.27. The third-order valence-electron chi connectivity index (χ3n) is 3.61. The number of hydrogen-bond acceptors (Lipinski definition) is 3. The van der Waals surface area contributed by atoms with E-state index in [1.165, 1.54) is 0 Å². The van der Waals surface area contributed by atoms with Crippen molar-refractivity contribution in [3.63, 3.8) is 0 Å². The number of rotatable bonds is 4. The zero-order chi connectivity index (χ0) is 13.0. The first-order valence-corrected chi connectivity index (χ1v) is 6.44. The van der Waals surface area contributed by atoms with E-state index >= 15 is 0 Å². The Morgan fingerprint density at radius 3 is 2.78 bits per heavy atom. The van der Waals surface area contributed by atoms with Crippen LogP contribution in [0.15, 0.2) is 30.3 Å². The van der Waals surface area contributed by atoms with E-state index in [0.717, 1.165) is 24.9 Å². The summed E-state index contributed by atoms with van der Waals surface area (Å²) in [7, 11) is 0. The molecule has 0 spiro atoms. The van der Waals surface area contributed by atoms with Gasteiger partial charge in [0.15, 0.2) is 0 Å². The fourth-order valence-corrected chi connectivity index (χ4v) is 2.58. The average Bonchev–Trinajstić information content (AvgIpc) is 2.89. The predicted octanol–water partition coefficient (Wildman–Crippen LogP) is 0.712. The van der Waals surface area contributed by atoms with E-state index < -0.39 is 0 Å². The highest BCUT2D eigenvalue weighted by atomic mass is 16.3. The highest BCUT2D eigenvalue weighted by Gasteiger charge is 2.32. The van der Waals surface area contributed by atoms with Crippen molar-refractivity contribution in [3.8, 4) is 0 Å². The molecule has 98 valence electrons. The standard InChI is InChI=1S/C14H20N2O2/c15-9-13(11-5-2-1-3-6-11)14(18)16-8-4-7-12(16)10-17/h1-3,5-6,12-13,17H,4,7-10,15H2/t12-,13?/m1/s1. The Labute approximate surface area is 107 Å². The topological polar surface area (TPSA) is 66.6 Å². The molecule has 3 N–H and O–H groups in total. The number of nitrogens with two attached hydrogens (primary N) is 1. The molecule has 1 aromatic carbocycles. The van der Waals surface area contributed by atoms with Crippen LogP contribution in [0.25, 0.3) is 0 Å². The molecule has 0 aromatic heterocycles. The van der Waals surface area contributed by atoms with Crippen LogP contribution in [0.1, 0.15) is 24.3 Å². The fraction of sp³-hybridized carbons (Fsp3) is 0.500. The number of benzene rings is 1. The van der Waals surface area contributed by atoms with E-state index in [-0.39, 0.29) is 24.5 Å². The fourth-order valence-electron chi connectivity index (χ4n) is 2.58. The molecule has 1 saturated heterocycles. The van der Waals surface area contributed by atoms with Crippen LogP contribution in [0.5, 0.6) is 0 Å². The summed E-state index contributed by atoms with van der Waals surface area (Å²) < 4.78 is 0. The molecule has 2 atom stereocenters. The largest absolute Gasteiger partial charge is 0.394 e. The Balaban J connectivity index is 2.15. The van der Waals surface area contributed by atoms with E-state index in [9.17, 15) is 9.90 Å². The average molecular weight is 248 g/mol. The summed E-state index contributed by atoms with van der Waals surface area (Å²) in [6.07, 6.45) is 1.84. The van der Waals surface area contributed by atoms with Gasteiger partial charge in [0.1, 0.15) is 0 Å². The molecule has 0 aliphatic carbocycles. The van der Waals surface area contributed by atoms with Crippen molar-refractivity contribution in [1.29, 1.82) is 0 Å². The summed E-state index contributed by atoms with van der Waals surface area (Å²) in [5, 5.41) is 9.29. The summed E-state index contributed by atoms with van der Waals surface area (Å²) in [5.74, 6) is -0.251. The van der Waals surface area contributed by atoms with Crippen molar-refractivity contribution in [2.75, 3.05) is 19.7 Å². The normalized spacial score (nSPS) is 21.0. The molecule has 2 rings (SSSR count). The molecule has 4 heteroatoms. The maximum Gasteiger partial charge on any atom is 0.231 e. The summed E-state index contributed by atoms with van der Waals surface area (Å²) in [6.45, 7) is 1.07. The van der Waals surface area contributed by atoms with Crippen molar-refractivity contribution in [2.45, 2.75) is 24.8 Å². The molecule has 18 heavy (non-hydrogen) atoms. The molecule has 1 heterocycles. The van der Waals surface area contributed by atoms with E-state index in [2.05, 4.69) is 0 Å². The molecular formula is C14H20N2O2. The molecule has 1 fully saturated rings. The van der Waals surface area contributed by atoms with Gasteiger partial charge in [-0.05, 0) is 18.4 Å². The molecule has 1 aliphatic heterocycles. The smallest absolute Gasteiger partial charge is 0.231 e. The van der Waals surface area contributed by atoms with Gasteiger partial charge in [0.2, 0.25) is 5.91 Å². The third-order valence-corrected chi connectivity index (χ3v) is 3.61. The van der Waals surface area contributed by atoms with Crippen LogP contribution in [-0.2, 0) is 4.79 Å². The van der Waals surface area contributed by atoms with Gasteiger partial charge in [-0.1, -0.05) is 30.3 Å². The molecule has 0 bridgehead atoms. The monoisotopic (exact) mass is 248 g/mol. The van der Waals surface area contributed by atoms with Crippen molar-refractivity contribution in [1.82, 2.24) is 4.90 Å². The van der Waals surface area contributed by atoms with Gasteiger partial charge in [0.05, 0.1) is 18.6 Å². The van der Waals surface area contributed by atoms with Crippen LogP contribution in [0.2, 0.25) is 0 Å². The second-order valence-electron chi connectivity index (χ2n) is 4.71. The summed E-state index contributed by atoms with van der Waals surface area (Å²) in [4.78, 5) is 14.3. The first kappa shape index (κ1) is 13.1. The van der Waals surface area contributed by atoms with Gasteiger partial charge < -0.3 is 15.7 Å². The minimum atomic E-state index is -0.293. The Hall–Kier alpha value is -1.39. The molecule has 0 radical (unpaired) electrons. The van der Waals surface area contributed by atoms with Gasteiger partial charge in [0.25, 0.3) is 0 Å². The molecule has 4 nitrogen and oxygen atoms in total. The number of likely N-dealkylation sites (tertiary alicyclic amines) is 1. The Morgan fingerprint density at radius 1 is 1.44 bits per heavy atom. The Bertz CT molecular complexity index is 394. The quantitative estimate of drug-likeness (QED) is 0.824. The van der Waals surface area contributed by atoms with Crippen LogP contribution in [-0.4, -0.2) is 41.7 Å². The maximum absolute atomic E-state index is 12.5. The highest BCUT2D eigenvalue weighted by molar-refractivity contribution is 5.84. The minimum Gasteiger partial charge on any atom is -0.394 e. The number of amides is 1. The van der Waals surface area contributed by atoms with Crippen LogP contribution in [0.4, 0.5) is 0 Å². The number of nitrogens with zero attached hydrogens (tertiary/aromatic N) is 1. The van der Waals surface area contributed by atoms with E-state index in [0.29, 0.717) is 6.54 Å². The summed E-state index contributed by atoms with van der Waals surface area (Å²) in [6, 6.07) is 9.58. The van der Waals surface area contributed by atoms with Crippen LogP contribution >= 0.6 is 0 Å². The van der Waals surface area contributed by atoms with Gasteiger partial charge in [-0.2, -0.15) is 0 Å². The second-order valence-corrected chi connectivity index (χ2v) is 4.71. The number of hydrogen-bond donors (Lipinski definition) is 2. The zero-order valence-electron chi connectivity index (χ0n) is 10.5. The molecule has 1 aliphatic rings. The van der Waals surface area contributed by atoms with Gasteiger partial charge in [-0.15, -0.1) is 0 Å². The Morgan fingerprint density at radius 2 is 2.17 bits per heavy atom. The third kappa shape index (κ3) is 2.54. The Kier molecular flexibility index (Phi) is 4.33. The molecule has 1 unspecified atom stereocenters. The molecular weight excluding hydrogens is 228 g/mol. The first-order chi connectivity index (χ1) is 8.77. The van der Waals surface area contributed by atoms with Crippen molar-refractivity contribution < 1.29 is 9.90 Å². The van der Waals surface area contributed by atoms with Gasteiger partial charge in [-0.3, -0.25) is 4.79 Å². The summed E-state index contributed by atoms with van der Waals surface area (Å²) >= 11 is 0. The number of aliphatic hydroxyl groups is 1. The van der Waals surface area contributed by atoms with Crippen molar-refractivity contribution in [3.05, 3.63) is 35.9 Å². The van der Waals surface area contributed by atoms with Crippen LogP contribution < -0.4 is 5.73 Å². The summed E-state index contributed by atoms with van der Waals surface area (Å²) in [5.41, 5.74) is 6.70. The van der Waals surface area contributed by atoms with Gasteiger partial charge in [0, 0.05) is 13.1 Å². The SMILES string of the molecule is NCC(C(=O)N1CCC[C@@H]1CO)c1ccccc1. The highest BCUT2D eigenvalue weighted by Crippen LogP contribution is 2.24. The van der Waals surface area contributed by atoms with Crippen LogP contribution in [0, 0.1) is 0 Å². The van der Waals surface area contributed by atoms with E-state index in [1.807, 2.05) is 30.3 Å². The first-order valence-electron chi connectivity index (χ1n) is 6.44. The number of carbonyl (C=O) groups excluding carboxylic acids is 1. The van der Waals surface area contributed by atoms with E-state index in [1.54, 1.807) is 4.90 Å². The minimum absolute atomic E-state index is 0.0322. The van der Waals surface area contributed by atoms with Crippen molar-refractivity contribution in [2.24, 2.45) is 5.73 Å². The van der Waals surface area contributed by atoms with Gasteiger partial charge >= 0.3 is 0 Å². The van der Waals surface area contributed by atoms with E-state index in [4.69, 9.17) is 5.73 Å². The molecule has 1 amide bonds. The lowest BCUT2D eigenvalue weighted by molar-refractivity contribution is -0.134. The number of aliphatic hydroxyl groups excluding tert-OH is 1. The maximum atomic E-state index is 12.5. The molecule has 1 aromatic rings. The lowest BCUT2D eigenvalue weighted by Crippen LogP contribution is -2.42. The zero-order valence-corrected chi connectivity index (χ0v) is 10.5. The van der Waals surface area contributed by atoms with Crippen LogP contribution in [0.3, 0.4) is 0 Å². The number of carbonyl (C=O) groups is 1. The van der Waals surface area contributed by atoms with Gasteiger partial charge in [-0.25, -0.2) is 0 Å².